The lowest BCUT2D eigenvalue weighted by Gasteiger charge is -2.22. The molecule has 0 spiro atoms. The lowest BCUT2D eigenvalue weighted by Crippen LogP contribution is -2.22. The van der Waals surface area contributed by atoms with Crippen molar-refractivity contribution < 1.29 is 14.7 Å². The molecule has 2 aromatic carbocycles. The summed E-state index contributed by atoms with van der Waals surface area (Å²) in [4.78, 5) is 26.3. The number of nitrogens with zero attached hydrogens (tertiary/aromatic N) is 3. The Morgan fingerprint density at radius 2 is 1.88 bits per heavy atom. The monoisotopic (exact) mass is 454 g/mol. The number of carboxylic acids is 1. The van der Waals surface area contributed by atoms with Gasteiger partial charge in [-0.15, -0.1) is 0 Å². The molecule has 0 bridgehead atoms. The van der Waals surface area contributed by atoms with E-state index in [-0.39, 0.29) is 5.56 Å². The summed E-state index contributed by atoms with van der Waals surface area (Å²) in [5.41, 5.74) is 4.84. The topological polar surface area (TPSA) is 87.5 Å². The van der Waals surface area contributed by atoms with Crippen LogP contribution in [0.3, 0.4) is 0 Å². The number of hydrogen-bond acceptors (Lipinski definition) is 4. The van der Waals surface area contributed by atoms with Gasteiger partial charge in [-0.1, -0.05) is 23.7 Å². The van der Waals surface area contributed by atoms with Gasteiger partial charge in [-0.2, -0.15) is 5.10 Å². The fourth-order valence-electron chi connectivity index (χ4n) is 3.75. The van der Waals surface area contributed by atoms with E-state index in [1.807, 2.05) is 30.6 Å². The van der Waals surface area contributed by atoms with Crippen LogP contribution >= 0.6 is 11.6 Å². The minimum atomic E-state index is -1.06. The number of carboxylic acid groups (broad SMARTS) is 1. The van der Waals surface area contributed by atoms with Gasteiger partial charge in [-0.05, 0) is 62.6 Å². The van der Waals surface area contributed by atoms with E-state index in [1.54, 1.807) is 36.4 Å². The van der Waals surface area contributed by atoms with Crippen LogP contribution < -0.4 is 10.2 Å². The van der Waals surface area contributed by atoms with E-state index in [4.69, 9.17) is 11.6 Å². The number of carbonyl (C=O) groups is 2. The molecule has 3 aromatic rings. The Labute approximate surface area is 192 Å². The van der Waals surface area contributed by atoms with Crippen molar-refractivity contribution in [3.8, 4) is 0 Å². The second-order valence-electron chi connectivity index (χ2n) is 7.77. The predicted octanol–water partition coefficient (Wildman–Crippen LogP) is 4.71. The van der Waals surface area contributed by atoms with Crippen LogP contribution in [0.5, 0.6) is 0 Å². The molecule has 0 aliphatic heterocycles. The number of amides is 1. The molecule has 0 radical (unpaired) electrons. The van der Waals surface area contributed by atoms with Crippen LogP contribution in [0, 0.1) is 13.8 Å². The van der Waals surface area contributed by atoms with Crippen LogP contribution in [-0.4, -0.2) is 40.4 Å². The van der Waals surface area contributed by atoms with Crippen LogP contribution in [-0.2, 0) is 13.5 Å². The van der Waals surface area contributed by atoms with E-state index in [0.717, 1.165) is 24.2 Å². The number of nitrogens with one attached hydrogen (secondary N) is 1. The minimum Gasteiger partial charge on any atom is -0.478 e. The second kappa shape index (κ2) is 9.87. The van der Waals surface area contributed by atoms with Crippen LogP contribution in [0.15, 0.2) is 42.5 Å². The van der Waals surface area contributed by atoms with Gasteiger partial charge in [0.15, 0.2) is 0 Å². The normalized spacial score (nSPS) is 10.8. The van der Waals surface area contributed by atoms with Gasteiger partial charge < -0.3 is 15.3 Å². The average molecular weight is 455 g/mol. The van der Waals surface area contributed by atoms with E-state index in [0.29, 0.717) is 28.5 Å². The molecule has 32 heavy (non-hydrogen) atoms. The fraction of sp³-hybridized carbons (Fsp3) is 0.292. The summed E-state index contributed by atoms with van der Waals surface area (Å²) in [6.45, 7) is 4.74. The molecule has 7 nitrogen and oxygen atoms in total. The summed E-state index contributed by atoms with van der Waals surface area (Å²) < 4.78 is 1.88. The SMILES string of the molecule is Cc1nn(C)c(C)c1CCCN(C)c1ccc(NC(=O)c2ccccc2Cl)cc1C(=O)O. The van der Waals surface area contributed by atoms with Gasteiger partial charge in [0.25, 0.3) is 5.91 Å². The maximum absolute atomic E-state index is 12.5. The van der Waals surface area contributed by atoms with Crippen molar-refractivity contribution >= 4 is 34.9 Å². The molecule has 0 saturated carbocycles. The van der Waals surface area contributed by atoms with Crippen LogP contribution in [0.1, 0.15) is 44.1 Å². The Hall–Kier alpha value is -3.32. The van der Waals surface area contributed by atoms with Crippen molar-refractivity contribution in [1.29, 1.82) is 0 Å². The van der Waals surface area contributed by atoms with Gasteiger partial charge in [-0.3, -0.25) is 9.48 Å². The summed E-state index contributed by atoms with van der Waals surface area (Å²) in [6, 6.07) is 11.6. The van der Waals surface area contributed by atoms with Gasteiger partial charge in [-0.25, -0.2) is 4.79 Å². The Morgan fingerprint density at radius 1 is 1.16 bits per heavy atom. The van der Waals surface area contributed by atoms with Crippen LogP contribution in [0.25, 0.3) is 0 Å². The first-order chi connectivity index (χ1) is 15.2. The van der Waals surface area contributed by atoms with Crippen molar-refractivity contribution in [2.45, 2.75) is 26.7 Å². The third-order valence-electron chi connectivity index (χ3n) is 5.59. The summed E-state index contributed by atoms with van der Waals surface area (Å²) in [5, 5.41) is 17.2. The van der Waals surface area contributed by atoms with E-state index < -0.39 is 11.9 Å². The van der Waals surface area contributed by atoms with Gasteiger partial charge in [0.05, 0.1) is 27.5 Å². The minimum absolute atomic E-state index is 0.123. The van der Waals surface area contributed by atoms with E-state index in [1.165, 1.54) is 11.6 Å². The molecule has 1 amide bonds. The molecule has 8 heteroatoms. The number of carbonyl (C=O) groups excluding carboxylic acids is 1. The first-order valence-electron chi connectivity index (χ1n) is 10.3. The lowest BCUT2D eigenvalue weighted by atomic mass is 10.1. The quantitative estimate of drug-likeness (QED) is 0.514. The Bertz CT molecular complexity index is 1160. The van der Waals surface area contributed by atoms with Gasteiger partial charge >= 0.3 is 5.97 Å². The number of aromatic carboxylic acids is 1. The largest absolute Gasteiger partial charge is 0.478 e. The number of aryl methyl sites for hydroxylation is 2. The standard InChI is InChI=1S/C24H27ClN4O3/c1-15-18(16(2)29(4)27-15)9-7-13-28(3)22-12-11-17(14-20(22)24(31)32)26-23(30)19-8-5-6-10-21(19)25/h5-6,8,10-12,14H,7,9,13H2,1-4H3,(H,26,30)(H,31,32). The zero-order valence-corrected chi connectivity index (χ0v) is 19.4. The maximum Gasteiger partial charge on any atom is 0.337 e. The van der Waals surface area contributed by atoms with E-state index >= 15 is 0 Å². The Kier molecular flexibility index (Phi) is 7.20. The highest BCUT2D eigenvalue weighted by molar-refractivity contribution is 6.34. The zero-order valence-electron chi connectivity index (χ0n) is 18.6. The van der Waals surface area contributed by atoms with Crippen molar-refractivity contribution in [3.05, 3.63) is 75.6 Å². The molecule has 3 rings (SSSR count). The summed E-state index contributed by atoms with van der Waals surface area (Å²) in [5.74, 6) is -1.45. The number of anilines is 2. The molecule has 0 unspecified atom stereocenters. The van der Waals surface area contributed by atoms with Gasteiger partial charge in [0.2, 0.25) is 0 Å². The van der Waals surface area contributed by atoms with Gasteiger partial charge in [0.1, 0.15) is 0 Å². The third-order valence-corrected chi connectivity index (χ3v) is 5.92. The van der Waals surface area contributed by atoms with Crippen molar-refractivity contribution in [3.63, 3.8) is 0 Å². The third kappa shape index (κ3) is 5.11. The number of hydrogen-bond donors (Lipinski definition) is 2. The number of halogens is 1. The Morgan fingerprint density at radius 3 is 2.50 bits per heavy atom. The van der Waals surface area contributed by atoms with Gasteiger partial charge in [0, 0.05) is 32.0 Å². The highest BCUT2D eigenvalue weighted by atomic mass is 35.5. The molecule has 0 aliphatic rings. The number of aromatic nitrogens is 2. The molecule has 0 fully saturated rings. The first kappa shape index (κ1) is 23.3. The number of rotatable bonds is 8. The van der Waals surface area contributed by atoms with Crippen molar-refractivity contribution in [2.75, 3.05) is 23.8 Å². The maximum atomic E-state index is 12.5. The summed E-state index contributed by atoms with van der Waals surface area (Å²) >= 11 is 6.08. The molecule has 0 aliphatic carbocycles. The molecular formula is C24H27ClN4O3. The van der Waals surface area contributed by atoms with Crippen LogP contribution in [0.2, 0.25) is 5.02 Å². The summed E-state index contributed by atoms with van der Waals surface area (Å²) in [7, 11) is 3.80. The predicted molar refractivity (Wildman–Crippen MR) is 127 cm³/mol. The average Bonchev–Trinajstić information content (AvgIpc) is 2.99. The molecule has 1 aromatic heterocycles. The molecule has 168 valence electrons. The number of benzene rings is 2. The Balaban J connectivity index is 1.72. The molecule has 0 atom stereocenters. The summed E-state index contributed by atoms with van der Waals surface area (Å²) in [6.07, 6.45) is 1.72. The van der Waals surface area contributed by atoms with E-state index in [2.05, 4.69) is 17.3 Å². The highest BCUT2D eigenvalue weighted by Crippen LogP contribution is 2.26. The molecule has 1 heterocycles. The smallest absolute Gasteiger partial charge is 0.337 e. The second-order valence-corrected chi connectivity index (χ2v) is 8.18. The van der Waals surface area contributed by atoms with Crippen molar-refractivity contribution in [2.24, 2.45) is 7.05 Å². The van der Waals surface area contributed by atoms with E-state index in [9.17, 15) is 14.7 Å². The van der Waals surface area contributed by atoms with Crippen LogP contribution in [0.4, 0.5) is 11.4 Å². The zero-order chi connectivity index (χ0) is 23.4. The lowest BCUT2D eigenvalue weighted by molar-refractivity contribution is 0.0697. The first-order valence-corrected chi connectivity index (χ1v) is 10.7. The molecule has 2 N–H and O–H groups in total. The molecule has 0 saturated heterocycles. The fourth-order valence-corrected chi connectivity index (χ4v) is 3.98. The molecular weight excluding hydrogens is 428 g/mol. The highest BCUT2D eigenvalue weighted by Gasteiger charge is 2.17. The van der Waals surface area contributed by atoms with Crippen molar-refractivity contribution in [1.82, 2.24) is 9.78 Å².